The largest absolute Gasteiger partial charge is 0.482 e. The monoisotopic (exact) mass is 380 g/mol. The molecule has 2 atom stereocenters. The highest BCUT2D eigenvalue weighted by molar-refractivity contribution is 6.06. The van der Waals surface area contributed by atoms with Crippen LogP contribution in [0.25, 0.3) is 0 Å². The molecular weight excluding hydrogens is 356 g/mol. The van der Waals surface area contributed by atoms with Crippen molar-refractivity contribution < 1.29 is 19.1 Å². The molecule has 2 unspecified atom stereocenters. The van der Waals surface area contributed by atoms with Crippen LogP contribution in [-0.4, -0.2) is 42.0 Å². The van der Waals surface area contributed by atoms with Crippen molar-refractivity contribution in [1.29, 1.82) is 0 Å². The quantitative estimate of drug-likeness (QED) is 0.886. The molecule has 2 aromatic rings. The van der Waals surface area contributed by atoms with Gasteiger partial charge in [0.1, 0.15) is 6.10 Å². The molecule has 2 amide bonds. The molecule has 6 heteroatoms. The molecule has 0 radical (unpaired) electrons. The Labute approximate surface area is 164 Å². The lowest BCUT2D eigenvalue weighted by molar-refractivity contribution is -0.128. The number of aryl methyl sites for hydroxylation is 1. The minimum atomic E-state index is -0.801. The third-order valence-electron chi connectivity index (χ3n) is 5.24. The second-order valence-corrected chi connectivity index (χ2v) is 7.29. The number of hydrogen-bond donors (Lipinski definition) is 1. The number of benzene rings is 2. The Kier molecular flexibility index (Phi) is 4.94. The van der Waals surface area contributed by atoms with Gasteiger partial charge in [-0.15, -0.1) is 0 Å². The summed E-state index contributed by atoms with van der Waals surface area (Å²) >= 11 is 0. The molecule has 1 N–H and O–H groups in total. The molecule has 6 nitrogen and oxygen atoms in total. The van der Waals surface area contributed by atoms with Gasteiger partial charge in [-0.1, -0.05) is 24.3 Å². The van der Waals surface area contributed by atoms with E-state index in [-0.39, 0.29) is 11.8 Å². The van der Waals surface area contributed by atoms with Crippen LogP contribution in [0.5, 0.6) is 11.5 Å². The van der Waals surface area contributed by atoms with Crippen LogP contribution in [0.2, 0.25) is 0 Å². The molecule has 28 heavy (non-hydrogen) atoms. The van der Waals surface area contributed by atoms with Crippen molar-refractivity contribution in [3.8, 4) is 11.5 Å². The Hall–Kier alpha value is -3.02. The van der Waals surface area contributed by atoms with Crippen LogP contribution >= 0.6 is 0 Å². The van der Waals surface area contributed by atoms with Crippen molar-refractivity contribution in [1.82, 2.24) is 4.90 Å². The van der Waals surface area contributed by atoms with Crippen LogP contribution in [-0.2, 0) is 4.79 Å². The van der Waals surface area contributed by atoms with Gasteiger partial charge in [0.25, 0.3) is 11.8 Å². The fourth-order valence-corrected chi connectivity index (χ4v) is 3.74. The van der Waals surface area contributed by atoms with E-state index in [0.717, 1.165) is 31.5 Å². The maximum absolute atomic E-state index is 13.0. The van der Waals surface area contributed by atoms with E-state index in [1.54, 1.807) is 19.1 Å². The van der Waals surface area contributed by atoms with Crippen molar-refractivity contribution in [2.24, 2.45) is 0 Å². The zero-order valence-corrected chi connectivity index (χ0v) is 16.1. The number of hydrogen-bond acceptors (Lipinski definition) is 4. The van der Waals surface area contributed by atoms with E-state index in [1.165, 1.54) is 0 Å². The van der Waals surface area contributed by atoms with Gasteiger partial charge >= 0.3 is 0 Å². The highest BCUT2D eigenvalue weighted by atomic mass is 16.6. The lowest BCUT2D eigenvalue weighted by atomic mass is 10.0. The van der Waals surface area contributed by atoms with Crippen LogP contribution in [0, 0.1) is 6.92 Å². The number of anilines is 1. The first-order valence-electron chi connectivity index (χ1n) is 9.66. The minimum absolute atomic E-state index is 0.0369. The lowest BCUT2D eigenvalue weighted by Crippen LogP contribution is -2.46. The number of carbonyl (C=O) groups excluding carboxylic acids is 2. The number of carbonyl (C=O) groups is 2. The summed E-state index contributed by atoms with van der Waals surface area (Å²) in [6.45, 7) is 5.20. The summed E-state index contributed by atoms with van der Waals surface area (Å²) in [5, 5.41) is 2.90. The summed E-state index contributed by atoms with van der Waals surface area (Å²) in [5.74, 6) is 0.797. The molecular formula is C22H24N2O4. The van der Waals surface area contributed by atoms with Gasteiger partial charge in [-0.3, -0.25) is 9.59 Å². The third-order valence-corrected chi connectivity index (χ3v) is 5.24. The molecule has 2 aliphatic rings. The molecule has 1 fully saturated rings. The Morgan fingerprint density at radius 2 is 1.68 bits per heavy atom. The maximum Gasteiger partial charge on any atom is 0.269 e. The van der Waals surface area contributed by atoms with Crippen LogP contribution in [0.3, 0.4) is 0 Å². The molecule has 2 aliphatic heterocycles. The van der Waals surface area contributed by atoms with E-state index < -0.39 is 12.2 Å². The Morgan fingerprint density at radius 3 is 2.39 bits per heavy atom. The maximum atomic E-state index is 13.0. The van der Waals surface area contributed by atoms with Crippen molar-refractivity contribution in [3.05, 3.63) is 53.6 Å². The zero-order valence-electron chi connectivity index (χ0n) is 16.1. The first kappa shape index (κ1) is 18.3. The summed E-state index contributed by atoms with van der Waals surface area (Å²) < 4.78 is 11.7. The Bertz CT molecular complexity index is 905. The van der Waals surface area contributed by atoms with Gasteiger partial charge in [-0.05, 0) is 50.5 Å². The van der Waals surface area contributed by atoms with E-state index in [4.69, 9.17) is 9.47 Å². The molecule has 0 bridgehead atoms. The fraction of sp³-hybridized carbons (Fsp3) is 0.364. The highest BCUT2D eigenvalue weighted by Crippen LogP contribution is 2.34. The highest BCUT2D eigenvalue weighted by Gasteiger charge is 2.35. The predicted molar refractivity (Wildman–Crippen MR) is 106 cm³/mol. The smallest absolute Gasteiger partial charge is 0.269 e. The molecule has 0 aliphatic carbocycles. The minimum Gasteiger partial charge on any atom is -0.482 e. The van der Waals surface area contributed by atoms with Gasteiger partial charge < -0.3 is 19.7 Å². The first-order chi connectivity index (χ1) is 13.5. The van der Waals surface area contributed by atoms with Crippen molar-refractivity contribution in [3.63, 3.8) is 0 Å². The van der Waals surface area contributed by atoms with Gasteiger partial charge in [-0.25, -0.2) is 0 Å². The number of rotatable bonds is 3. The predicted octanol–water partition coefficient (Wildman–Crippen LogP) is 3.40. The zero-order chi connectivity index (χ0) is 19.7. The average Bonchev–Trinajstić information content (AvgIpc) is 3.22. The molecule has 0 spiro atoms. The normalized spacial score (nSPS) is 20.7. The Balaban J connectivity index is 1.57. The fourth-order valence-electron chi connectivity index (χ4n) is 3.74. The van der Waals surface area contributed by atoms with Crippen molar-refractivity contribution in [2.45, 2.75) is 38.9 Å². The van der Waals surface area contributed by atoms with Gasteiger partial charge in [0.15, 0.2) is 11.5 Å². The van der Waals surface area contributed by atoms with Crippen LogP contribution in [0.15, 0.2) is 42.5 Å². The first-order valence-corrected chi connectivity index (χ1v) is 9.66. The Morgan fingerprint density at radius 1 is 1.00 bits per heavy atom. The molecule has 2 heterocycles. The van der Waals surface area contributed by atoms with E-state index >= 15 is 0 Å². The molecule has 2 aromatic carbocycles. The van der Waals surface area contributed by atoms with Crippen molar-refractivity contribution >= 4 is 17.5 Å². The van der Waals surface area contributed by atoms with Gasteiger partial charge in [0, 0.05) is 13.1 Å². The number of likely N-dealkylation sites (tertiary alicyclic amines) is 1. The lowest BCUT2D eigenvalue weighted by Gasteiger charge is -2.31. The molecule has 1 saturated heterocycles. The van der Waals surface area contributed by atoms with E-state index in [1.807, 2.05) is 42.2 Å². The van der Waals surface area contributed by atoms with E-state index in [9.17, 15) is 9.59 Å². The second-order valence-electron chi connectivity index (χ2n) is 7.29. The van der Waals surface area contributed by atoms with Gasteiger partial charge in [-0.2, -0.15) is 0 Å². The summed E-state index contributed by atoms with van der Waals surface area (Å²) in [6, 6.07) is 12.8. The average molecular weight is 380 g/mol. The van der Waals surface area contributed by atoms with Crippen molar-refractivity contribution in [2.75, 3.05) is 18.4 Å². The number of nitrogens with zero attached hydrogens (tertiary/aromatic N) is 1. The molecule has 0 saturated carbocycles. The standard InChI is InChI=1S/C22H24N2O4/c1-14-8-7-9-16(19(14)22(26)24-12-5-6-13-24)23-21(25)20-15(2)27-17-10-3-4-11-18(17)28-20/h3-4,7-11,15,20H,5-6,12-13H2,1-2H3,(H,23,25). The van der Waals surface area contributed by atoms with E-state index in [2.05, 4.69) is 5.32 Å². The number of amides is 2. The number of para-hydroxylation sites is 2. The number of ether oxygens (including phenoxy) is 2. The van der Waals surface area contributed by atoms with Crippen LogP contribution < -0.4 is 14.8 Å². The summed E-state index contributed by atoms with van der Waals surface area (Å²) in [4.78, 5) is 27.8. The third kappa shape index (κ3) is 3.42. The summed E-state index contributed by atoms with van der Waals surface area (Å²) in [5.41, 5.74) is 1.90. The molecule has 4 rings (SSSR count). The van der Waals surface area contributed by atoms with Crippen LogP contribution in [0.1, 0.15) is 35.7 Å². The van der Waals surface area contributed by atoms with Gasteiger partial charge in [0.2, 0.25) is 6.10 Å². The van der Waals surface area contributed by atoms with Crippen LogP contribution in [0.4, 0.5) is 5.69 Å². The topological polar surface area (TPSA) is 67.9 Å². The summed E-state index contributed by atoms with van der Waals surface area (Å²) in [7, 11) is 0. The number of nitrogens with one attached hydrogen (secondary N) is 1. The molecule has 0 aromatic heterocycles. The van der Waals surface area contributed by atoms with Gasteiger partial charge in [0.05, 0.1) is 11.3 Å². The summed E-state index contributed by atoms with van der Waals surface area (Å²) in [6.07, 6.45) is 0.787. The second kappa shape index (κ2) is 7.54. The SMILES string of the molecule is Cc1cccc(NC(=O)C2Oc3ccccc3OC2C)c1C(=O)N1CCCC1. The number of fused-ring (bicyclic) bond motifs is 1. The van der Waals surface area contributed by atoms with E-state index in [0.29, 0.717) is 22.7 Å². The molecule has 146 valence electrons.